The largest absolute Gasteiger partial charge is 0.469 e. The van der Waals surface area contributed by atoms with E-state index in [1.165, 1.54) is 7.11 Å². The fraction of sp³-hybridized carbons (Fsp3) is 0.364. The minimum absolute atomic E-state index is 0.230. The first-order valence-corrected chi connectivity index (χ1v) is 5.43. The van der Waals surface area contributed by atoms with Crippen molar-refractivity contribution >= 4 is 21.9 Å². The lowest BCUT2D eigenvalue weighted by Gasteiger charge is -2.09. The summed E-state index contributed by atoms with van der Waals surface area (Å²) < 4.78 is 5.46. The summed E-state index contributed by atoms with van der Waals surface area (Å²) in [4.78, 5) is 10.9. The van der Waals surface area contributed by atoms with Gasteiger partial charge in [0.25, 0.3) is 0 Å². The molecule has 1 unspecified atom stereocenters. The molecule has 4 heteroatoms. The summed E-state index contributed by atoms with van der Waals surface area (Å²) >= 11 is 3.31. The topological polar surface area (TPSA) is 46.5 Å². The zero-order valence-electron chi connectivity index (χ0n) is 8.44. The zero-order chi connectivity index (χ0) is 11.3. The van der Waals surface area contributed by atoms with Gasteiger partial charge in [-0.3, -0.25) is 4.79 Å². The molecule has 0 saturated carbocycles. The molecule has 82 valence electrons. The van der Waals surface area contributed by atoms with Crippen LogP contribution in [-0.4, -0.2) is 18.2 Å². The van der Waals surface area contributed by atoms with Gasteiger partial charge in [0.15, 0.2) is 0 Å². The Labute approximate surface area is 97.2 Å². The number of aliphatic hydroxyl groups is 1. The van der Waals surface area contributed by atoms with E-state index in [0.29, 0.717) is 6.42 Å². The van der Waals surface area contributed by atoms with E-state index in [4.69, 9.17) is 0 Å². The number of halogens is 1. The summed E-state index contributed by atoms with van der Waals surface area (Å²) in [6.07, 6.45) is -0.000572. The standard InChI is InChI=1S/C11H13BrO3/c1-15-11(14)7-6-10(13)8-2-4-9(12)5-3-8/h2-5,10,13H,6-7H2,1H3. The second-order valence-electron chi connectivity index (χ2n) is 3.18. The third-order valence-electron chi connectivity index (χ3n) is 2.10. The summed E-state index contributed by atoms with van der Waals surface area (Å²) in [6.45, 7) is 0. The molecule has 3 nitrogen and oxygen atoms in total. The molecule has 1 rings (SSSR count). The maximum Gasteiger partial charge on any atom is 0.305 e. The minimum Gasteiger partial charge on any atom is -0.469 e. The predicted molar refractivity (Wildman–Crippen MR) is 60.4 cm³/mol. The number of carbonyl (C=O) groups is 1. The van der Waals surface area contributed by atoms with Crippen LogP contribution >= 0.6 is 15.9 Å². The average Bonchev–Trinajstić information content (AvgIpc) is 2.26. The van der Waals surface area contributed by atoms with E-state index in [-0.39, 0.29) is 12.4 Å². The van der Waals surface area contributed by atoms with Crippen LogP contribution in [0.25, 0.3) is 0 Å². The van der Waals surface area contributed by atoms with Crippen LogP contribution in [0.4, 0.5) is 0 Å². The number of methoxy groups -OCH3 is 1. The van der Waals surface area contributed by atoms with Gasteiger partial charge >= 0.3 is 5.97 Å². The number of carbonyl (C=O) groups excluding carboxylic acids is 1. The second kappa shape index (κ2) is 5.88. The number of esters is 1. The quantitative estimate of drug-likeness (QED) is 0.857. The van der Waals surface area contributed by atoms with Gasteiger partial charge in [-0.1, -0.05) is 28.1 Å². The van der Waals surface area contributed by atoms with Crippen LogP contribution < -0.4 is 0 Å². The number of hydrogen-bond donors (Lipinski definition) is 1. The van der Waals surface area contributed by atoms with E-state index in [2.05, 4.69) is 20.7 Å². The fourth-order valence-electron chi connectivity index (χ4n) is 1.21. The average molecular weight is 273 g/mol. The summed E-state index contributed by atoms with van der Waals surface area (Å²) in [7, 11) is 1.34. The molecule has 15 heavy (non-hydrogen) atoms. The van der Waals surface area contributed by atoms with Crippen molar-refractivity contribution in [2.75, 3.05) is 7.11 Å². The molecule has 0 saturated heterocycles. The van der Waals surface area contributed by atoms with E-state index in [1.807, 2.05) is 24.3 Å². The number of benzene rings is 1. The highest BCUT2D eigenvalue weighted by atomic mass is 79.9. The second-order valence-corrected chi connectivity index (χ2v) is 4.10. The number of aliphatic hydroxyl groups excluding tert-OH is 1. The first kappa shape index (κ1) is 12.2. The maximum atomic E-state index is 10.9. The molecule has 0 aromatic heterocycles. The Morgan fingerprint density at radius 1 is 1.47 bits per heavy atom. The lowest BCUT2D eigenvalue weighted by molar-refractivity contribution is -0.141. The Hall–Kier alpha value is -0.870. The lowest BCUT2D eigenvalue weighted by Crippen LogP contribution is -2.04. The molecule has 0 amide bonds. The SMILES string of the molecule is COC(=O)CCC(O)c1ccc(Br)cc1. The molecule has 1 N–H and O–H groups in total. The molecular weight excluding hydrogens is 260 g/mol. The van der Waals surface area contributed by atoms with Crippen LogP contribution in [-0.2, 0) is 9.53 Å². The molecule has 0 aliphatic heterocycles. The van der Waals surface area contributed by atoms with Crippen molar-refractivity contribution in [1.29, 1.82) is 0 Å². The molecule has 0 fully saturated rings. The zero-order valence-corrected chi connectivity index (χ0v) is 10.0. The molecule has 1 aromatic rings. The summed E-state index contributed by atoms with van der Waals surface area (Å²) in [5.74, 6) is -0.300. The Balaban J connectivity index is 2.50. The van der Waals surface area contributed by atoms with Gasteiger partial charge in [-0.2, -0.15) is 0 Å². The first-order chi connectivity index (χ1) is 7.13. The molecular formula is C11H13BrO3. The number of ether oxygens (including phenoxy) is 1. The Kier molecular flexibility index (Phi) is 4.78. The monoisotopic (exact) mass is 272 g/mol. The van der Waals surface area contributed by atoms with Gasteiger partial charge < -0.3 is 9.84 Å². The molecule has 1 aromatic carbocycles. The van der Waals surface area contributed by atoms with Gasteiger partial charge in [-0.15, -0.1) is 0 Å². The minimum atomic E-state index is -0.614. The third kappa shape index (κ3) is 4.01. The summed E-state index contributed by atoms with van der Waals surface area (Å²) in [5, 5.41) is 9.73. The molecule has 0 spiro atoms. The van der Waals surface area contributed by atoms with Crippen LogP contribution in [0.2, 0.25) is 0 Å². The van der Waals surface area contributed by atoms with Crippen LogP contribution in [0.1, 0.15) is 24.5 Å². The smallest absolute Gasteiger partial charge is 0.305 e. The highest BCUT2D eigenvalue weighted by molar-refractivity contribution is 9.10. The van der Waals surface area contributed by atoms with Crippen LogP contribution in [0.5, 0.6) is 0 Å². The third-order valence-corrected chi connectivity index (χ3v) is 2.63. The van der Waals surface area contributed by atoms with Gasteiger partial charge in [-0.25, -0.2) is 0 Å². The van der Waals surface area contributed by atoms with Crippen molar-refractivity contribution in [2.24, 2.45) is 0 Å². The van der Waals surface area contributed by atoms with Crippen LogP contribution in [0.15, 0.2) is 28.7 Å². The van der Waals surface area contributed by atoms with Crippen molar-refractivity contribution in [3.05, 3.63) is 34.3 Å². The van der Waals surface area contributed by atoms with E-state index < -0.39 is 6.10 Å². The normalized spacial score (nSPS) is 12.2. The van der Waals surface area contributed by atoms with Crippen molar-refractivity contribution in [3.8, 4) is 0 Å². The van der Waals surface area contributed by atoms with Gasteiger partial charge in [0.1, 0.15) is 0 Å². The van der Waals surface area contributed by atoms with Gasteiger partial charge in [0.2, 0.25) is 0 Å². The Morgan fingerprint density at radius 3 is 2.60 bits per heavy atom. The number of hydrogen-bond acceptors (Lipinski definition) is 3. The Bertz CT molecular complexity index is 321. The van der Waals surface area contributed by atoms with Crippen molar-refractivity contribution in [2.45, 2.75) is 18.9 Å². The van der Waals surface area contributed by atoms with Gasteiger partial charge in [0.05, 0.1) is 13.2 Å². The van der Waals surface area contributed by atoms with Crippen molar-refractivity contribution in [1.82, 2.24) is 0 Å². The molecule has 0 bridgehead atoms. The first-order valence-electron chi connectivity index (χ1n) is 4.64. The van der Waals surface area contributed by atoms with E-state index in [9.17, 15) is 9.90 Å². The van der Waals surface area contributed by atoms with E-state index in [1.54, 1.807) is 0 Å². The summed E-state index contributed by atoms with van der Waals surface area (Å²) in [6, 6.07) is 7.37. The molecule has 0 aliphatic rings. The predicted octanol–water partition coefficient (Wildman–Crippen LogP) is 2.44. The summed E-state index contributed by atoms with van der Waals surface area (Å²) in [5.41, 5.74) is 0.808. The van der Waals surface area contributed by atoms with Crippen LogP contribution in [0, 0.1) is 0 Å². The Morgan fingerprint density at radius 2 is 2.07 bits per heavy atom. The van der Waals surface area contributed by atoms with Crippen LogP contribution in [0.3, 0.4) is 0 Å². The molecule has 0 radical (unpaired) electrons. The molecule has 0 aliphatic carbocycles. The lowest BCUT2D eigenvalue weighted by atomic mass is 10.1. The van der Waals surface area contributed by atoms with E-state index >= 15 is 0 Å². The fourth-order valence-corrected chi connectivity index (χ4v) is 1.47. The molecule has 0 heterocycles. The molecule has 1 atom stereocenters. The maximum absolute atomic E-state index is 10.9. The number of rotatable bonds is 4. The van der Waals surface area contributed by atoms with E-state index in [0.717, 1.165) is 10.0 Å². The van der Waals surface area contributed by atoms with Crippen molar-refractivity contribution in [3.63, 3.8) is 0 Å². The van der Waals surface area contributed by atoms with Gasteiger partial charge in [0, 0.05) is 10.9 Å². The van der Waals surface area contributed by atoms with Crippen molar-refractivity contribution < 1.29 is 14.6 Å². The van der Waals surface area contributed by atoms with Gasteiger partial charge in [-0.05, 0) is 24.1 Å². The highest BCUT2D eigenvalue weighted by Gasteiger charge is 2.10. The highest BCUT2D eigenvalue weighted by Crippen LogP contribution is 2.20.